The van der Waals surface area contributed by atoms with Gasteiger partial charge in [-0.2, -0.15) is 4.98 Å². The van der Waals surface area contributed by atoms with Crippen molar-refractivity contribution in [1.29, 1.82) is 0 Å². The van der Waals surface area contributed by atoms with Gasteiger partial charge in [0.2, 0.25) is 5.95 Å². The number of sulfone groups is 1. The fourth-order valence-corrected chi connectivity index (χ4v) is 8.84. The smallest absolute Gasteiger partial charge is 0.298 e. The van der Waals surface area contributed by atoms with Crippen molar-refractivity contribution in [3.8, 4) is 11.8 Å². The number of likely N-dealkylation sites (tertiary alicyclic amines) is 1. The van der Waals surface area contributed by atoms with Gasteiger partial charge in [-0.3, -0.25) is 4.79 Å². The Bertz CT molecular complexity index is 1890. The number of hydrogen-bond acceptors (Lipinski definition) is 10. The number of hydrogen-bond donors (Lipinski definition) is 1. The van der Waals surface area contributed by atoms with E-state index in [1.807, 2.05) is 22.1 Å². The zero-order valence-corrected chi connectivity index (χ0v) is 30.5. The maximum atomic E-state index is 14.7. The standard InChI is InChI=1S/C37H48FN7O4S/c1-6-10-35(46)45-15-9-7-8-11-30(45)27-17-31(44-20-25(21-44)23-50(5,47)48)28-19-40-34(18-26(28)36(27)24(2)3)41-33-12-14-39-37(42-33)43-16-13-32(49-4)29(38)22-43/h12,14,17-19,24-25,29-30,32H,7-9,11,13,15-16,20-23H2,1-5H3,(H,39,40,41,42)/t29-,30-,32+/m1/s1. The van der Waals surface area contributed by atoms with Gasteiger partial charge in [0.05, 0.1) is 24.4 Å². The number of amides is 1. The number of carbonyl (C=O) groups excluding carboxylic acids is 1. The number of piperidine rings is 1. The topological polar surface area (TPSA) is 121 Å². The molecule has 3 aromatic rings. The zero-order chi connectivity index (χ0) is 35.6. The van der Waals surface area contributed by atoms with Crippen LogP contribution in [0.2, 0.25) is 0 Å². The second kappa shape index (κ2) is 15.1. The minimum atomic E-state index is -3.10. The number of fused-ring (bicyclic) bond motifs is 1. The van der Waals surface area contributed by atoms with Crippen LogP contribution in [0.4, 0.5) is 27.7 Å². The van der Waals surface area contributed by atoms with Crippen molar-refractivity contribution in [3.05, 3.63) is 41.7 Å². The number of pyridine rings is 1. The van der Waals surface area contributed by atoms with E-state index in [0.717, 1.165) is 53.3 Å². The van der Waals surface area contributed by atoms with Crippen molar-refractivity contribution in [3.63, 3.8) is 0 Å². The second-order valence-electron chi connectivity index (χ2n) is 14.2. The first-order valence-electron chi connectivity index (χ1n) is 17.6. The maximum Gasteiger partial charge on any atom is 0.298 e. The summed E-state index contributed by atoms with van der Waals surface area (Å²) >= 11 is 0. The van der Waals surface area contributed by atoms with Crippen LogP contribution in [0.5, 0.6) is 0 Å². The highest BCUT2D eigenvalue weighted by Gasteiger charge is 2.35. The Morgan fingerprint density at radius 3 is 2.56 bits per heavy atom. The van der Waals surface area contributed by atoms with Crippen molar-refractivity contribution in [2.45, 2.75) is 77.1 Å². The fourth-order valence-electron chi connectivity index (χ4n) is 7.78. The molecule has 50 heavy (non-hydrogen) atoms. The van der Waals surface area contributed by atoms with Crippen molar-refractivity contribution in [2.24, 2.45) is 5.92 Å². The second-order valence-corrected chi connectivity index (χ2v) is 16.3. The SMILES string of the molecule is CC#CC(=O)N1CCCCC[C@@H]1c1cc(N2CC(CS(C)(=O)=O)C2)c2cnc(Nc3ccnc(N4CC[C@H](OC)[C@H](F)C4)n3)cc2c1C(C)C. The number of rotatable bonds is 9. The van der Waals surface area contributed by atoms with Crippen LogP contribution in [-0.2, 0) is 19.4 Å². The molecular formula is C37H48FN7O4S. The Morgan fingerprint density at radius 2 is 1.86 bits per heavy atom. The Hall–Kier alpha value is -4.02. The minimum Gasteiger partial charge on any atom is -0.378 e. The highest BCUT2D eigenvalue weighted by Crippen LogP contribution is 2.44. The van der Waals surface area contributed by atoms with Crippen LogP contribution in [0, 0.1) is 17.8 Å². The van der Waals surface area contributed by atoms with Crippen molar-refractivity contribution in [2.75, 3.05) is 67.0 Å². The molecule has 0 aliphatic carbocycles. The molecule has 3 fully saturated rings. The van der Waals surface area contributed by atoms with E-state index in [4.69, 9.17) is 14.7 Å². The maximum absolute atomic E-state index is 14.7. The van der Waals surface area contributed by atoms with Crippen LogP contribution in [0.1, 0.15) is 76.0 Å². The van der Waals surface area contributed by atoms with E-state index in [-0.39, 0.29) is 36.1 Å². The molecule has 2 aromatic heterocycles. The van der Waals surface area contributed by atoms with Crippen molar-refractivity contribution in [1.82, 2.24) is 19.9 Å². The lowest BCUT2D eigenvalue weighted by molar-refractivity contribution is -0.127. The predicted molar refractivity (Wildman–Crippen MR) is 195 cm³/mol. The summed E-state index contributed by atoms with van der Waals surface area (Å²) in [5.74, 6) is 7.35. The Morgan fingerprint density at radius 1 is 1.06 bits per heavy atom. The summed E-state index contributed by atoms with van der Waals surface area (Å²) in [6.07, 6.45) is 7.63. The predicted octanol–water partition coefficient (Wildman–Crippen LogP) is 5.40. The van der Waals surface area contributed by atoms with Gasteiger partial charge in [-0.05, 0) is 72.7 Å². The number of anilines is 4. The highest BCUT2D eigenvalue weighted by atomic mass is 32.2. The first-order valence-corrected chi connectivity index (χ1v) is 19.7. The summed E-state index contributed by atoms with van der Waals surface area (Å²) in [7, 11) is -1.56. The summed E-state index contributed by atoms with van der Waals surface area (Å²) < 4.78 is 44.1. The summed E-state index contributed by atoms with van der Waals surface area (Å²) in [5, 5.41) is 5.36. The molecular weight excluding hydrogens is 658 g/mol. The molecule has 11 nitrogen and oxygen atoms in total. The van der Waals surface area contributed by atoms with E-state index in [1.165, 1.54) is 13.4 Å². The molecule has 3 saturated heterocycles. The van der Waals surface area contributed by atoms with Crippen LogP contribution in [0.15, 0.2) is 30.6 Å². The van der Waals surface area contributed by atoms with Gasteiger partial charge in [0, 0.05) is 68.9 Å². The van der Waals surface area contributed by atoms with Crippen LogP contribution in [-0.4, -0.2) is 98.3 Å². The molecule has 1 N–H and O–H groups in total. The van der Waals surface area contributed by atoms with E-state index >= 15 is 0 Å². The largest absolute Gasteiger partial charge is 0.378 e. The van der Waals surface area contributed by atoms with Gasteiger partial charge in [0.1, 0.15) is 27.6 Å². The molecule has 1 aromatic carbocycles. The van der Waals surface area contributed by atoms with E-state index in [9.17, 15) is 17.6 Å². The van der Waals surface area contributed by atoms with Crippen LogP contribution in [0.25, 0.3) is 10.8 Å². The summed E-state index contributed by atoms with van der Waals surface area (Å²) in [4.78, 5) is 33.4. The van der Waals surface area contributed by atoms with Gasteiger partial charge < -0.3 is 24.8 Å². The molecule has 0 unspecified atom stereocenters. The van der Waals surface area contributed by atoms with Gasteiger partial charge in [0.25, 0.3) is 5.91 Å². The molecule has 3 aliphatic rings. The molecule has 268 valence electrons. The zero-order valence-electron chi connectivity index (χ0n) is 29.7. The fraction of sp³-hybridized carbons (Fsp3) is 0.568. The Kier molecular flexibility index (Phi) is 10.8. The summed E-state index contributed by atoms with van der Waals surface area (Å²) in [6, 6.07) is 5.89. The lowest BCUT2D eigenvalue weighted by atomic mass is 9.84. The first-order chi connectivity index (χ1) is 24.0. The van der Waals surface area contributed by atoms with E-state index < -0.39 is 22.1 Å². The number of carbonyl (C=O) groups is 1. The highest BCUT2D eigenvalue weighted by molar-refractivity contribution is 7.90. The number of aromatic nitrogens is 3. The van der Waals surface area contributed by atoms with E-state index in [0.29, 0.717) is 50.2 Å². The summed E-state index contributed by atoms with van der Waals surface area (Å²) in [5.41, 5.74) is 3.24. The quantitative estimate of drug-likeness (QED) is 0.290. The number of ether oxygens (including phenoxy) is 1. The third kappa shape index (κ3) is 7.81. The molecule has 0 radical (unpaired) electrons. The van der Waals surface area contributed by atoms with Gasteiger partial charge >= 0.3 is 0 Å². The lowest BCUT2D eigenvalue weighted by Gasteiger charge is -2.42. The van der Waals surface area contributed by atoms with Gasteiger partial charge in [-0.25, -0.2) is 22.8 Å². The molecule has 3 atom stereocenters. The molecule has 13 heteroatoms. The number of methoxy groups -OCH3 is 1. The van der Waals surface area contributed by atoms with Gasteiger partial charge in [0.15, 0.2) is 0 Å². The van der Waals surface area contributed by atoms with Crippen molar-refractivity contribution >= 4 is 49.8 Å². The molecule has 1 amide bonds. The molecule has 5 heterocycles. The van der Waals surface area contributed by atoms with Gasteiger partial charge in [-0.15, -0.1) is 0 Å². The number of halogens is 1. The first kappa shape index (κ1) is 35.8. The normalized spacial score (nSPS) is 21.8. The van der Waals surface area contributed by atoms with Crippen LogP contribution >= 0.6 is 0 Å². The molecule has 0 spiro atoms. The number of alkyl halides is 1. The van der Waals surface area contributed by atoms with E-state index in [2.05, 4.69) is 47.0 Å². The number of nitrogens with zero attached hydrogens (tertiary/aromatic N) is 6. The monoisotopic (exact) mass is 705 g/mol. The van der Waals surface area contributed by atoms with E-state index in [1.54, 1.807) is 19.2 Å². The van der Waals surface area contributed by atoms with Gasteiger partial charge in [-0.1, -0.05) is 32.6 Å². The third-order valence-corrected chi connectivity index (χ3v) is 11.1. The summed E-state index contributed by atoms with van der Waals surface area (Å²) in [6.45, 7) is 8.69. The molecule has 6 rings (SSSR count). The van der Waals surface area contributed by atoms with Crippen LogP contribution < -0.4 is 15.1 Å². The van der Waals surface area contributed by atoms with Crippen LogP contribution in [0.3, 0.4) is 0 Å². The lowest BCUT2D eigenvalue weighted by Crippen LogP contribution is -2.49. The third-order valence-electron chi connectivity index (χ3n) is 10.1. The van der Waals surface area contributed by atoms with Crippen molar-refractivity contribution < 1.29 is 22.3 Å². The number of nitrogens with one attached hydrogen (secondary N) is 1. The average molecular weight is 706 g/mol. The Labute approximate surface area is 294 Å². The average Bonchev–Trinajstić information content (AvgIpc) is 3.31. The minimum absolute atomic E-state index is 0.0536. The molecule has 0 bridgehead atoms. The molecule has 3 aliphatic heterocycles. The molecule has 0 saturated carbocycles. The number of benzene rings is 1. The Balaban J connectivity index is 1.41.